The van der Waals surface area contributed by atoms with Crippen molar-refractivity contribution in [1.82, 2.24) is 15.3 Å². The van der Waals surface area contributed by atoms with Gasteiger partial charge in [0.2, 0.25) is 0 Å². The van der Waals surface area contributed by atoms with Gasteiger partial charge >= 0.3 is 6.01 Å². The predicted molar refractivity (Wildman–Crippen MR) is 155 cm³/mol. The number of hydrogen-bond acceptors (Lipinski definition) is 8. The Morgan fingerprint density at radius 1 is 1.17 bits per heavy atom. The van der Waals surface area contributed by atoms with Crippen LogP contribution >= 0.6 is 0 Å². The highest BCUT2D eigenvalue weighted by Gasteiger charge is 2.39. The molecule has 10 heteroatoms. The molecule has 0 aliphatic carbocycles. The lowest BCUT2D eigenvalue weighted by atomic mass is 9.81. The van der Waals surface area contributed by atoms with Crippen LogP contribution in [0.25, 0.3) is 10.8 Å². The van der Waals surface area contributed by atoms with Gasteiger partial charge in [0.05, 0.1) is 24.0 Å². The maximum absolute atomic E-state index is 14.9. The second-order valence-electron chi connectivity index (χ2n) is 11.8. The number of amides is 1. The molecule has 2 unspecified atom stereocenters. The van der Waals surface area contributed by atoms with E-state index in [1.807, 2.05) is 13.8 Å². The summed E-state index contributed by atoms with van der Waals surface area (Å²) in [5, 5.41) is 25.8. The van der Waals surface area contributed by atoms with Crippen LogP contribution in [0.5, 0.6) is 11.8 Å². The fraction of sp³-hybridized carbons (Fsp3) is 0.516. The van der Waals surface area contributed by atoms with Gasteiger partial charge in [-0.3, -0.25) is 4.79 Å². The fourth-order valence-electron chi connectivity index (χ4n) is 6.42. The summed E-state index contributed by atoms with van der Waals surface area (Å²) in [5.41, 5.74) is 1.42. The summed E-state index contributed by atoms with van der Waals surface area (Å²) in [5.74, 6) is -0.0634. The summed E-state index contributed by atoms with van der Waals surface area (Å²) < 4.78 is 21.1. The van der Waals surface area contributed by atoms with Gasteiger partial charge in [0, 0.05) is 36.5 Å². The zero-order chi connectivity index (χ0) is 28.7. The Hall–Kier alpha value is -3.50. The molecule has 9 nitrogen and oxygen atoms in total. The smallest absolute Gasteiger partial charge is 0.318 e. The Balaban J connectivity index is 1.42. The molecule has 4 heterocycles. The van der Waals surface area contributed by atoms with Gasteiger partial charge in [0.15, 0.2) is 0 Å². The number of aliphatic hydroxyl groups excluding tert-OH is 1. The van der Waals surface area contributed by atoms with E-state index in [1.54, 1.807) is 17.0 Å². The number of piperidine rings is 1. The van der Waals surface area contributed by atoms with Crippen LogP contribution < -0.4 is 19.9 Å². The highest BCUT2D eigenvalue weighted by Crippen LogP contribution is 2.41. The van der Waals surface area contributed by atoms with Gasteiger partial charge < -0.3 is 30.1 Å². The molecular formula is C31H38FN5O4. The van der Waals surface area contributed by atoms with Crippen LogP contribution in [0.2, 0.25) is 0 Å². The number of nitrogens with zero attached hydrogens (tertiary/aromatic N) is 4. The van der Waals surface area contributed by atoms with Crippen LogP contribution in [0, 0.1) is 11.2 Å². The van der Waals surface area contributed by atoms with E-state index in [0.717, 1.165) is 45.3 Å². The number of halogens is 1. The monoisotopic (exact) mass is 563 g/mol. The van der Waals surface area contributed by atoms with Crippen LogP contribution in [-0.2, 0) is 13.0 Å². The molecule has 3 N–H and O–H groups in total. The number of phenolic OH excluding ortho intramolecular Hbond substituents is 1. The zero-order valence-corrected chi connectivity index (χ0v) is 23.7. The maximum atomic E-state index is 14.9. The fourth-order valence-corrected chi connectivity index (χ4v) is 6.42. The average Bonchev–Trinajstić information content (AvgIpc) is 3.11. The van der Waals surface area contributed by atoms with Crippen molar-refractivity contribution in [1.29, 1.82) is 0 Å². The number of rotatable bonds is 6. The number of phenols is 1. The van der Waals surface area contributed by atoms with Crippen molar-refractivity contribution in [3.05, 3.63) is 46.9 Å². The van der Waals surface area contributed by atoms with Crippen molar-refractivity contribution < 1.29 is 24.1 Å². The summed E-state index contributed by atoms with van der Waals surface area (Å²) in [6, 6.07) is 6.33. The average molecular weight is 564 g/mol. The highest BCUT2D eigenvalue weighted by molar-refractivity contribution is 6.16. The molecule has 3 aliphatic heterocycles. The lowest BCUT2D eigenvalue weighted by Gasteiger charge is -2.38. The van der Waals surface area contributed by atoms with E-state index in [2.05, 4.69) is 10.2 Å². The lowest BCUT2D eigenvalue weighted by Crippen LogP contribution is -2.51. The number of carbonyl (C=O) groups is 1. The van der Waals surface area contributed by atoms with Crippen LogP contribution in [0.4, 0.5) is 15.9 Å². The molecule has 6 rings (SSSR count). The third-order valence-electron chi connectivity index (χ3n) is 8.85. The summed E-state index contributed by atoms with van der Waals surface area (Å²) in [6.45, 7) is 7.16. The van der Waals surface area contributed by atoms with Crippen molar-refractivity contribution in [2.75, 3.05) is 42.6 Å². The number of aliphatic hydroxyl groups is 1. The molecule has 2 saturated heterocycles. The summed E-state index contributed by atoms with van der Waals surface area (Å²) in [7, 11) is 0. The van der Waals surface area contributed by atoms with Crippen molar-refractivity contribution in [2.24, 2.45) is 5.41 Å². The Bertz CT molecular complexity index is 1470. The van der Waals surface area contributed by atoms with E-state index in [0.29, 0.717) is 58.5 Å². The number of benzene rings is 2. The number of hydrogen-bond donors (Lipinski definition) is 3. The third kappa shape index (κ3) is 5.08. The van der Waals surface area contributed by atoms with Gasteiger partial charge in [-0.1, -0.05) is 32.8 Å². The second-order valence-corrected chi connectivity index (χ2v) is 11.8. The SMILES string of the molecule is CCc1c(F)ccc2cc(O)cc(N3Cc4nc(OCC5(C)CNCCC5O)nc(N5CCCCCC5)c4C3=O)c12. The van der Waals surface area contributed by atoms with Crippen molar-refractivity contribution >= 4 is 28.2 Å². The predicted octanol–water partition coefficient (Wildman–Crippen LogP) is 4.32. The van der Waals surface area contributed by atoms with Gasteiger partial charge in [-0.15, -0.1) is 0 Å². The third-order valence-corrected chi connectivity index (χ3v) is 8.85. The largest absolute Gasteiger partial charge is 0.508 e. The normalized spacial score (nSPS) is 23.1. The van der Waals surface area contributed by atoms with Gasteiger partial charge in [0.1, 0.15) is 29.6 Å². The Morgan fingerprint density at radius 3 is 2.68 bits per heavy atom. The molecule has 2 atom stereocenters. The van der Waals surface area contributed by atoms with Gasteiger partial charge in [0.25, 0.3) is 5.91 Å². The Morgan fingerprint density at radius 2 is 1.95 bits per heavy atom. The Labute approximate surface area is 239 Å². The number of nitrogens with one attached hydrogen (secondary N) is 1. The van der Waals surface area contributed by atoms with E-state index < -0.39 is 11.5 Å². The number of fused-ring (bicyclic) bond motifs is 2. The van der Waals surface area contributed by atoms with E-state index >= 15 is 0 Å². The molecule has 2 aromatic carbocycles. The minimum Gasteiger partial charge on any atom is -0.508 e. The van der Waals surface area contributed by atoms with E-state index in [4.69, 9.17) is 14.7 Å². The number of ether oxygens (including phenoxy) is 1. The van der Waals surface area contributed by atoms with Crippen LogP contribution in [-0.4, -0.2) is 65.0 Å². The number of aromatic nitrogens is 2. The molecule has 0 spiro atoms. The van der Waals surface area contributed by atoms with Crippen molar-refractivity contribution in [2.45, 2.75) is 65.0 Å². The first-order chi connectivity index (χ1) is 19.8. The summed E-state index contributed by atoms with van der Waals surface area (Å²) in [4.78, 5) is 27.4. The molecule has 0 radical (unpaired) electrons. The number of aromatic hydroxyl groups is 1. The first-order valence-electron chi connectivity index (χ1n) is 14.7. The molecule has 2 fully saturated rings. The molecule has 3 aromatic rings. The zero-order valence-electron chi connectivity index (χ0n) is 23.7. The lowest BCUT2D eigenvalue weighted by molar-refractivity contribution is -0.0199. The highest BCUT2D eigenvalue weighted by atomic mass is 19.1. The minimum absolute atomic E-state index is 0.000610. The van der Waals surface area contributed by atoms with Crippen LogP contribution in [0.15, 0.2) is 24.3 Å². The van der Waals surface area contributed by atoms with Crippen molar-refractivity contribution in [3.63, 3.8) is 0 Å². The Kier molecular flexibility index (Phi) is 7.46. The topological polar surface area (TPSA) is 111 Å². The number of aryl methyl sites for hydroxylation is 1. The van der Waals surface area contributed by atoms with Crippen molar-refractivity contribution in [3.8, 4) is 11.8 Å². The number of anilines is 2. The van der Waals surface area contributed by atoms with Gasteiger partial charge in [-0.25, -0.2) is 4.39 Å². The maximum Gasteiger partial charge on any atom is 0.318 e. The molecule has 218 valence electrons. The quantitative estimate of drug-likeness (QED) is 0.407. The van der Waals surface area contributed by atoms with Crippen LogP contribution in [0.3, 0.4) is 0 Å². The summed E-state index contributed by atoms with van der Waals surface area (Å²) >= 11 is 0. The molecule has 0 saturated carbocycles. The molecule has 1 aromatic heterocycles. The first kappa shape index (κ1) is 27.7. The molecule has 41 heavy (non-hydrogen) atoms. The molecular weight excluding hydrogens is 525 g/mol. The van der Waals surface area contributed by atoms with Crippen LogP contribution in [0.1, 0.15) is 67.6 Å². The first-order valence-corrected chi connectivity index (χ1v) is 14.7. The summed E-state index contributed by atoms with van der Waals surface area (Å²) in [6.07, 6.45) is 4.82. The van der Waals surface area contributed by atoms with Gasteiger partial charge in [-0.05, 0) is 55.3 Å². The molecule has 3 aliphatic rings. The van der Waals surface area contributed by atoms with E-state index in [-0.39, 0.29) is 36.6 Å². The molecule has 0 bridgehead atoms. The van der Waals surface area contributed by atoms with E-state index in [9.17, 15) is 19.4 Å². The standard InChI is InChI=1S/C31H38FN5O4/c1-3-21-22(32)9-8-19-14-20(38)15-24(26(19)21)37-16-23-27(29(37)40)28(36-12-6-4-5-7-13-36)35-30(34-23)41-18-31(2)17-33-11-10-25(31)39/h8-9,14-15,25,33,38-39H,3-7,10-13,16-18H2,1-2H3. The number of carbonyl (C=O) groups excluding carboxylic acids is 1. The minimum atomic E-state index is -0.507. The second kappa shape index (κ2) is 11.1. The van der Waals surface area contributed by atoms with E-state index in [1.165, 1.54) is 12.1 Å². The molecule has 1 amide bonds. The van der Waals surface area contributed by atoms with Gasteiger partial charge in [-0.2, -0.15) is 9.97 Å².